The Bertz CT molecular complexity index is 232. The van der Waals surface area contributed by atoms with Crippen LogP contribution in [0.2, 0.25) is 0 Å². The van der Waals surface area contributed by atoms with E-state index < -0.39 is 12.7 Å². The molecule has 0 saturated heterocycles. The van der Waals surface area contributed by atoms with E-state index in [0.29, 0.717) is 0 Å². The number of halogens is 3. The Kier molecular flexibility index (Phi) is 2.54. The van der Waals surface area contributed by atoms with Gasteiger partial charge in [-0.3, -0.25) is 0 Å². The second-order valence-electron chi connectivity index (χ2n) is 2.96. The number of hydrogen-bond acceptors (Lipinski definition) is 2. The van der Waals surface area contributed by atoms with Crippen LogP contribution in [0.25, 0.3) is 0 Å². The first kappa shape index (κ1) is 9.95. The van der Waals surface area contributed by atoms with Gasteiger partial charge in [0.1, 0.15) is 6.54 Å². The van der Waals surface area contributed by atoms with E-state index in [2.05, 4.69) is 11.9 Å². The van der Waals surface area contributed by atoms with E-state index in [1.54, 1.807) is 6.08 Å². The molecule has 0 spiro atoms. The van der Waals surface area contributed by atoms with E-state index in [4.69, 9.17) is 0 Å². The minimum Gasteiger partial charge on any atom is -0.366 e. The monoisotopic (exact) mass is 192 g/mol. The second-order valence-corrected chi connectivity index (χ2v) is 2.96. The summed E-state index contributed by atoms with van der Waals surface area (Å²) in [5.41, 5.74) is 0. The Hall–Kier alpha value is -1.13. The van der Waals surface area contributed by atoms with E-state index in [-0.39, 0.29) is 11.9 Å². The van der Waals surface area contributed by atoms with Gasteiger partial charge in [0.2, 0.25) is 0 Å². The van der Waals surface area contributed by atoms with Crippen LogP contribution in [-0.2, 0) is 0 Å². The van der Waals surface area contributed by atoms with E-state index >= 15 is 0 Å². The molecule has 1 heterocycles. The third-order valence-corrected chi connectivity index (χ3v) is 1.65. The van der Waals surface area contributed by atoms with Gasteiger partial charge in [-0.1, -0.05) is 6.58 Å². The van der Waals surface area contributed by atoms with Crippen molar-refractivity contribution >= 4 is 0 Å². The molecular formula is C8H11F3N2. The normalized spacial score (nSPS) is 23.2. The number of alkyl halides is 3. The molecule has 0 aliphatic carbocycles. The molecule has 2 nitrogen and oxygen atoms in total. The lowest BCUT2D eigenvalue weighted by Crippen LogP contribution is -2.40. The molecule has 0 fully saturated rings. The van der Waals surface area contributed by atoms with Crippen LogP contribution >= 0.6 is 0 Å². The molecule has 1 N–H and O–H groups in total. The first-order chi connectivity index (χ1) is 5.88. The minimum absolute atomic E-state index is 0.0389. The number of hydrogen-bond donors (Lipinski definition) is 1. The minimum atomic E-state index is -4.20. The summed E-state index contributed by atoms with van der Waals surface area (Å²) < 4.78 is 35.9. The molecule has 0 saturated carbocycles. The average molecular weight is 192 g/mol. The van der Waals surface area contributed by atoms with Gasteiger partial charge in [0.25, 0.3) is 0 Å². The Morgan fingerprint density at radius 1 is 1.62 bits per heavy atom. The fraction of sp³-hybridized carbons (Fsp3) is 0.500. The van der Waals surface area contributed by atoms with Gasteiger partial charge in [0.05, 0.1) is 5.82 Å². The van der Waals surface area contributed by atoms with Gasteiger partial charge in [0, 0.05) is 12.2 Å². The molecular weight excluding hydrogens is 181 g/mol. The lowest BCUT2D eigenvalue weighted by molar-refractivity contribution is -0.138. The van der Waals surface area contributed by atoms with E-state index in [1.807, 2.05) is 6.92 Å². The highest BCUT2D eigenvalue weighted by atomic mass is 19.4. The molecule has 0 bridgehead atoms. The summed E-state index contributed by atoms with van der Waals surface area (Å²) in [5.74, 6) is 0.285. The summed E-state index contributed by atoms with van der Waals surface area (Å²) >= 11 is 0. The van der Waals surface area contributed by atoms with Crippen LogP contribution in [0.4, 0.5) is 13.2 Å². The predicted octanol–water partition coefficient (Wildman–Crippen LogP) is 1.83. The molecule has 1 atom stereocenters. The topological polar surface area (TPSA) is 15.3 Å². The van der Waals surface area contributed by atoms with Crippen LogP contribution in [0, 0.1) is 0 Å². The lowest BCUT2D eigenvalue weighted by atomic mass is 10.3. The first-order valence-electron chi connectivity index (χ1n) is 3.85. The van der Waals surface area contributed by atoms with Crippen LogP contribution in [0.1, 0.15) is 6.92 Å². The number of nitrogens with zero attached hydrogens (tertiary/aromatic N) is 1. The van der Waals surface area contributed by atoms with Crippen LogP contribution < -0.4 is 5.32 Å². The Morgan fingerprint density at radius 3 is 2.69 bits per heavy atom. The quantitative estimate of drug-likeness (QED) is 0.681. The van der Waals surface area contributed by atoms with Crippen molar-refractivity contribution in [1.82, 2.24) is 10.2 Å². The maximum absolute atomic E-state index is 12.0. The summed E-state index contributed by atoms with van der Waals surface area (Å²) in [6.07, 6.45) is -1.15. The Balaban J connectivity index is 2.61. The van der Waals surface area contributed by atoms with Crippen molar-refractivity contribution in [2.24, 2.45) is 0 Å². The summed E-state index contributed by atoms with van der Waals surface area (Å²) in [4.78, 5) is 1.04. The standard InChI is InChI=1S/C8H11F3N2/c1-6-3-4-13(7(2)12-6)5-8(9,10)11/h3-4,6,12H,2,5H2,1H3. The molecule has 0 aromatic rings. The zero-order valence-corrected chi connectivity index (χ0v) is 7.23. The number of rotatable bonds is 1. The van der Waals surface area contributed by atoms with Gasteiger partial charge < -0.3 is 10.2 Å². The smallest absolute Gasteiger partial charge is 0.366 e. The molecule has 74 valence electrons. The predicted molar refractivity (Wildman–Crippen MR) is 43.6 cm³/mol. The summed E-state index contributed by atoms with van der Waals surface area (Å²) in [6.45, 7) is 4.34. The van der Waals surface area contributed by atoms with Gasteiger partial charge in [-0.05, 0) is 13.0 Å². The fourth-order valence-electron chi connectivity index (χ4n) is 1.06. The van der Waals surface area contributed by atoms with Crippen LogP contribution in [0.3, 0.4) is 0 Å². The SMILES string of the molecule is C=C1NC(C)C=CN1CC(F)(F)F. The van der Waals surface area contributed by atoms with Crippen molar-refractivity contribution in [3.8, 4) is 0 Å². The second kappa shape index (κ2) is 3.32. The highest BCUT2D eigenvalue weighted by Crippen LogP contribution is 2.20. The van der Waals surface area contributed by atoms with Gasteiger partial charge >= 0.3 is 6.18 Å². The van der Waals surface area contributed by atoms with Crippen molar-refractivity contribution in [3.63, 3.8) is 0 Å². The molecule has 0 amide bonds. The zero-order valence-electron chi connectivity index (χ0n) is 7.23. The van der Waals surface area contributed by atoms with Crippen molar-refractivity contribution in [2.75, 3.05) is 6.54 Å². The highest BCUT2D eigenvalue weighted by Gasteiger charge is 2.31. The Labute approximate surface area is 74.7 Å². The molecule has 0 aromatic heterocycles. The lowest BCUT2D eigenvalue weighted by Gasteiger charge is -2.30. The summed E-state index contributed by atoms with van der Waals surface area (Å²) in [5, 5.41) is 2.80. The zero-order chi connectivity index (χ0) is 10.1. The molecule has 13 heavy (non-hydrogen) atoms. The maximum Gasteiger partial charge on any atom is 0.406 e. The molecule has 1 aliphatic heterocycles. The molecule has 0 radical (unpaired) electrons. The molecule has 5 heteroatoms. The van der Waals surface area contributed by atoms with Gasteiger partial charge in [-0.15, -0.1) is 0 Å². The van der Waals surface area contributed by atoms with Gasteiger partial charge in [0.15, 0.2) is 0 Å². The van der Waals surface area contributed by atoms with E-state index in [9.17, 15) is 13.2 Å². The first-order valence-corrected chi connectivity index (χ1v) is 3.85. The van der Waals surface area contributed by atoms with Crippen molar-refractivity contribution in [2.45, 2.75) is 19.1 Å². The molecule has 1 rings (SSSR count). The number of nitrogens with one attached hydrogen (secondary N) is 1. The average Bonchev–Trinajstić information content (AvgIpc) is 1.93. The largest absolute Gasteiger partial charge is 0.406 e. The van der Waals surface area contributed by atoms with Crippen LogP contribution in [0.5, 0.6) is 0 Å². The summed E-state index contributed by atoms with van der Waals surface area (Å²) in [7, 11) is 0. The van der Waals surface area contributed by atoms with Crippen molar-refractivity contribution in [3.05, 3.63) is 24.7 Å². The van der Waals surface area contributed by atoms with E-state index in [1.165, 1.54) is 6.20 Å². The third-order valence-electron chi connectivity index (χ3n) is 1.65. The molecule has 0 aromatic carbocycles. The highest BCUT2D eigenvalue weighted by molar-refractivity contribution is 5.09. The molecule has 1 aliphatic rings. The van der Waals surface area contributed by atoms with Crippen LogP contribution in [-0.4, -0.2) is 23.7 Å². The van der Waals surface area contributed by atoms with E-state index in [0.717, 1.165) is 4.90 Å². The van der Waals surface area contributed by atoms with Gasteiger partial charge in [-0.25, -0.2) is 0 Å². The van der Waals surface area contributed by atoms with Crippen molar-refractivity contribution in [1.29, 1.82) is 0 Å². The maximum atomic E-state index is 12.0. The third kappa shape index (κ3) is 3.01. The summed E-state index contributed by atoms with van der Waals surface area (Å²) in [6, 6.07) is 0.0389. The van der Waals surface area contributed by atoms with Crippen LogP contribution in [0.15, 0.2) is 24.7 Å². The Morgan fingerprint density at radius 2 is 2.23 bits per heavy atom. The molecule has 1 unspecified atom stereocenters. The van der Waals surface area contributed by atoms with Crippen molar-refractivity contribution < 1.29 is 13.2 Å². The van der Waals surface area contributed by atoms with Gasteiger partial charge in [-0.2, -0.15) is 13.2 Å². The fourth-order valence-corrected chi connectivity index (χ4v) is 1.06.